The fourth-order valence-corrected chi connectivity index (χ4v) is 3.66. The van der Waals surface area contributed by atoms with Crippen LogP contribution in [-0.4, -0.2) is 44.1 Å². The molecule has 0 spiro atoms. The van der Waals surface area contributed by atoms with Crippen molar-refractivity contribution < 1.29 is 31.0 Å². The average molecular weight is 485 g/mol. The quantitative estimate of drug-likeness (QED) is 0.179. The number of halogens is 1. The van der Waals surface area contributed by atoms with Gasteiger partial charge >= 0.3 is 0 Å². The second-order valence-electron chi connectivity index (χ2n) is 9.11. The van der Waals surface area contributed by atoms with E-state index in [-0.39, 0.29) is 22.8 Å². The largest absolute Gasteiger partial charge is 1.00 e. The van der Waals surface area contributed by atoms with Crippen LogP contribution < -0.4 is 21.7 Å². The van der Waals surface area contributed by atoms with E-state index >= 15 is 0 Å². The molecule has 0 bridgehead atoms. The maximum atomic E-state index is 11.9. The number of carbonyl (C=O) groups excluding carboxylic acids is 1. The number of rotatable bonds is 18. The Bertz CT molecular complexity index is 542. The van der Waals surface area contributed by atoms with E-state index in [1.807, 2.05) is 31.2 Å². The van der Waals surface area contributed by atoms with Crippen molar-refractivity contribution in [1.29, 1.82) is 0 Å². The van der Waals surface area contributed by atoms with Crippen LogP contribution >= 0.6 is 0 Å². The molecule has 0 fully saturated rings. The lowest BCUT2D eigenvalue weighted by atomic mass is 10.1. The van der Waals surface area contributed by atoms with Crippen LogP contribution in [-0.2, 0) is 0 Å². The van der Waals surface area contributed by atoms with Crippen molar-refractivity contribution in [1.82, 2.24) is 0 Å². The Labute approximate surface area is 196 Å². The van der Waals surface area contributed by atoms with Crippen LogP contribution in [0.15, 0.2) is 24.3 Å². The summed E-state index contributed by atoms with van der Waals surface area (Å²) in [4.78, 5) is 11.9. The summed E-state index contributed by atoms with van der Waals surface area (Å²) in [5.41, 5.74) is 0.788. The van der Waals surface area contributed by atoms with E-state index in [4.69, 9.17) is 4.74 Å². The molecule has 1 aromatic rings. The molecule has 0 aromatic heterocycles. The van der Waals surface area contributed by atoms with Crippen LogP contribution in [0.5, 0.6) is 5.75 Å². The van der Waals surface area contributed by atoms with Gasteiger partial charge in [-0.3, -0.25) is 4.79 Å². The van der Waals surface area contributed by atoms with Gasteiger partial charge in [-0.1, -0.05) is 65.2 Å². The molecule has 1 aromatic carbocycles. The first-order valence-electron chi connectivity index (χ1n) is 12.1. The van der Waals surface area contributed by atoms with Crippen LogP contribution in [0.2, 0.25) is 0 Å². The van der Waals surface area contributed by atoms with E-state index in [0.29, 0.717) is 13.0 Å². The molecule has 0 aliphatic carbocycles. The third-order valence-electron chi connectivity index (χ3n) is 5.74. The Hall–Kier alpha value is -0.870. The summed E-state index contributed by atoms with van der Waals surface area (Å²) in [7, 11) is 4.59. The summed E-state index contributed by atoms with van der Waals surface area (Å²) in [6.45, 7) is 7.25. The second-order valence-corrected chi connectivity index (χ2v) is 9.11. The highest BCUT2D eigenvalue weighted by Crippen LogP contribution is 2.15. The monoisotopic (exact) mass is 483 g/mol. The molecular weight excluding hydrogens is 438 g/mol. The minimum Gasteiger partial charge on any atom is -1.00 e. The van der Waals surface area contributed by atoms with Crippen molar-refractivity contribution >= 4 is 5.78 Å². The van der Waals surface area contributed by atoms with E-state index in [9.17, 15) is 4.79 Å². The predicted octanol–water partition coefficient (Wildman–Crippen LogP) is 4.05. The fraction of sp³-hybridized carbons (Fsp3) is 0.731. The Morgan fingerprint density at radius 2 is 1.30 bits per heavy atom. The van der Waals surface area contributed by atoms with Crippen LogP contribution in [0.4, 0.5) is 0 Å². The Kier molecular flexibility index (Phi) is 17.3. The van der Waals surface area contributed by atoms with Gasteiger partial charge in [0.2, 0.25) is 0 Å². The number of benzene rings is 1. The number of likely N-dealkylation sites (N-methyl/N-ethyl adjacent to an activating group) is 1. The Morgan fingerprint density at radius 1 is 0.767 bits per heavy atom. The lowest BCUT2D eigenvalue weighted by Gasteiger charge is -2.29. The molecule has 0 saturated carbocycles. The van der Waals surface area contributed by atoms with Gasteiger partial charge in [-0.2, -0.15) is 0 Å². The van der Waals surface area contributed by atoms with E-state index in [2.05, 4.69) is 21.0 Å². The number of unbranched alkanes of at least 4 members (excludes halogenated alkanes) is 9. The third kappa shape index (κ3) is 14.2. The summed E-state index contributed by atoms with van der Waals surface area (Å²) in [5.74, 6) is 1.07. The molecule has 0 radical (unpaired) electrons. The first kappa shape index (κ1) is 29.1. The van der Waals surface area contributed by atoms with Gasteiger partial charge in [-0.25, -0.2) is 0 Å². The van der Waals surface area contributed by atoms with Crippen molar-refractivity contribution in [2.45, 2.75) is 90.9 Å². The number of hydrogen-bond acceptors (Lipinski definition) is 2. The Morgan fingerprint density at radius 3 is 1.83 bits per heavy atom. The average Bonchev–Trinajstić information content (AvgIpc) is 2.70. The molecule has 0 atom stereocenters. The van der Waals surface area contributed by atoms with E-state index in [0.717, 1.165) is 28.8 Å². The third-order valence-corrected chi connectivity index (χ3v) is 5.74. The first-order chi connectivity index (χ1) is 14.0. The van der Waals surface area contributed by atoms with E-state index in [1.54, 1.807) is 0 Å². The van der Waals surface area contributed by atoms with E-state index in [1.165, 1.54) is 70.8 Å². The zero-order chi connectivity index (χ0) is 21.4. The van der Waals surface area contributed by atoms with Gasteiger partial charge in [-0.05, 0) is 43.5 Å². The Balaban J connectivity index is 0.00000841. The highest BCUT2D eigenvalue weighted by atomic mass is 79.9. The summed E-state index contributed by atoms with van der Waals surface area (Å²) in [5, 5.41) is 0. The molecule has 30 heavy (non-hydrogen) atoms. The maximum Gasteiger partial charge on any atom is 0.162 e. The van der Waals surface area contributed by atoms with Crippen LogP contribution in [0.1, 0.15) is 101 Å². The van der Waals surface area contributed by atoms with Crippen molar-refractivity contribution in [3.05, 3.63) is 29.8 Å². The molecule has 0 heterocycles. The van der Waals surface area contributed by atoms with Crippen molar-refractivity contribution in [3.63, 3.8) is 0 Å². The number of nitrogens with zero attached hydrogens (tertiary/aromatic N) is 1. The predicted molar refractivity (Wildman–Crippen MR) is 125 cm³/mol. The van der Waals surface area contributed by atoms with Gasteiger partial charge in [0.25, 0.3) is 0 Å². The summed E-state index contributed by atoms with van der Waals surface area (Å²) in [6, 6.07) is 7.62. The normalized spacial score (nSPS) is 11.2. The van der Waals surface area contributed by atoms with Gasteiger partial charge in [0.05, 0.1) is 20.6 Å². The highest BCUT2D eigenvalue weighted by Gasteiger charge is 2.14. The SMILES string of the molecule is CCCCCCCCCCCC[N+](C)(C)CCOc1ccc(C(=O)CCC)cc1.[Br-]. The zero-order valence-electron chi connectivity index (χ0n) is 20.1. The van der Waals surface area contributed by atoms with Crippen LogP contribution in [0, 0.1) is 0 Å². The molecule has 1 rings (SSSR count). The number of ketones is 1. The number of quaternary nitrogens is 1. The second kappa shape index (κ2) is 17.8. The molecule has 0 aliphatic rings. The lowest BCUT2D eigenvalue weighted by molar-refractivity contribution is -0.890. The smallest absolute Gasteiger partial charge is 0.162 e. The molecule has 174 valence electrons. The fourth-order valence-electron chi connectivity index (χ4n) is 3.66. The van der Waals surface area contributed by atoms with Gasteiger partial charge in [0.15, 0.2) is 5.78 Å². The van der Waals surface area contributed by atoms with Crippen molar-refractivity contribution in [2.24, 2.45) is 0 Å². The number of hydrogen-bond donors (Lipinski definition) is 0. The topological polar surface area (TPSA) is 26.3 Å². The molecule has 4 heteroatoms. The van der Waals surface area contributed by atoms with Crippen LogP contribution in [0.25, 0.3) is 0 Å². The van der Waals surface area contributed by atoms with Gasteiger partial charge in [-0.15, -0.1) is 0 Å². The molecule has 3 nitrogen and oxygen atoms in total. The van der Waals surface area contributed by atoms with Gasteiger partial charge in [0, 0.05) is 12.0 Å². The minimum atomic E-state index is 0. The summed E-state index contributed by atoms with van der Waals surface area (Å²) in [6.07, 6.45) is 15.4. The summed E-state index contributed by atoms with van der Waals surface area (Å²) < 4.78 is 6.91. The standard InChI is InChI=1S/C26H46NO2.BrH/c1-5-7-8-9-10-11-12-13-14-15-21-27(3,4)22-23-29-25-19-17-24(18-20-25)26(28)16-6-2;/h17-20H,5-16,21-23H2,1-4H3;1H/q+1;/p-1. The molecular formula is C26H46BrNO2. The first-order valence-corrected chi connectivity index (χ1v) is 12.1. The number of carbonyl (C=O) groups is 1. The van der Waals surface area contributed by atoms with Gasteiger partial charge in [0.1, 0.15) is 18.9 Å². The van der Waals surface area contributed by atoms with Crippen molar-refractivity contribution in [2.75, 3.05) is 33.8 Å². The molecule has 0 saturated heterocycles. The molecule has 0 amide bonds. The number of ether oxygens (including phenoxy) is 1. The minimum absolute atomic E-state index is 0. The van der Waals surface area contributed by atoms with Gasteiger partial charge < -0.3 is 26.2 Å². The summed E-state index contributed by atoms with van der Waals surface area (Å²) >= 11 is 0. The molecule has 0 aliphatic heterocycles. The van der Waals surface area contributed by atoms with Crippen LogP contribution in [0.3, 0.4) is 0 Å². The lowest BCUT2D eigenvalue weighted by Crippen LogP contribution is -3.00. The zero-order valence-corrected chi connectivity index (χ0v) is 21.6. The maximum absolute atomic E-state index is 11.9. The molecule has 0 unspecified atom stereocenters. The van der Waals surface area contributed by atoms with Crippen molar-refractivity contribution in [3.8, 4) is 5.75 Å². The van der Waals surface area contributed by atoms with E-state index < -0.39 is 0 Å². The number of Topliss-reactive ketones (excluding diaryl/α,β-unsaturated/α-hetero) is 1. The highest BCUT2D eigenvalue weighted by molar-refractivity contribution is 5.96. The molecule has 0 N–H and O–H groups in total.